The predicted octanol–water partition coefficient (Wildman–Crippen LogP) is 3.10. The lowest BCUT2D eigenvalue weighted by Gasteiger charge is -2.17. The van der Waals surface area contributed by atoms with Gasteiger partial charge < -0.3 is 10.4 Å². The van der Waals surface area contributed by atoms with Gasteiger partial charge in [-0.05, 0) is 30.4 Å². The van der Waals surface area contributed by atoms with E-state index in [4.69, 9.17) is 5.11 Å². The standard InChI is InChI=1S/C15H23NO3S/c1-5-7-11-10(6-2)8-12(20-11)14(17)16-13(9(3)4)15(18)19/h8-9,13H,5-7H2,1-4H3,(H,16,17)(H,18,19). The normalized spacial score (nSPS) is 12.4. The van der Waals surface area contributed by atoms with Crippen molar-refractivity contribution in [3.05, 3.63) is 21.4 Å². The van der Waals surface area contributed by atoms with E-state index in [0.717, 1.165) is 19.3 Å². The second-order valence-electron chi connectivity index (χ2n) is 5.20. The summed E-state index contributed by atoms with van der Waals surface area (Å²) in [5.41, 5.74) is 1.19. The molecule has 0 bridgehead atoms. The van der Waals surface area contributed by atoms with Crippen LogP contribution in [0, 0.1) is 5.92 Å². The Morgan fingerprint density at radius 2 is 2.00 bits per heavy atom. The molecule has 0 aliphatic heterocycles. The lowest BCUT2D eigenvalue weighted by atomic mass is 10.0. The van der Waals surface area contributed by atoms with Crippen molar-refractivity contribution in [3.8, 4) is 0 Å². The van der Waals surface area contributed by atoms with E-state index in [2.05, 4.69) is 19.2 Å². The van der Waals surface area contributed by atoms with E-state index < -0.39 is 12.0 Å². The molecule has 0 saturated heterocycles. The minimum atomic E-state index is -0.991. The fourth-order valence-electron chi connectivity index (χ4n) is 2.04. The Hall–Kier alpha value is -1.36. The van der Waals surface area contributed by atoms with Crippen LogP contribution in [0.2, 0.25) is 0 Å². The highest BCUT2D eigenvalue weighted by atomic mass is 32.1. The summed E-state index contributed by atoms with van der Waals surface area (Å²) in [5, 5.41) is 11.7. The van der Waals surface area contributed by atoms with Gasteiger partial charge in [-0.1, -0.05) is 34.1 Å². The van der Waals surface area contributed by atoms with E-state index in [0.29, 0.717) is 4.88 Å². The molecule has 0 radical (unpaired) electrons. The molecule has 1 amide bonds. The number of carboxylic acids is 1. The number of hydrogen-bond donors (Lipinski definition) is 2. The van der Waals surface area contributed by atoms with Crippen LogP contribution in [0.4, 0.5) is 0 Å². The Bertz CT molecular complexity index is 479. The number of carbonyl (C=O) groups is 2. The van der Waals surface area contributed by atoms with Crippen molar-refractivity contribution in [2.75, 3.05) is 0 Å². The van der Waals surface area contributed by atoms with Crippen LogP contribution >= 0.6 is 11.3 Å². The van der Waals surface area contributed by atoms with E-state index in [1.54, 1.807) is 13.8 Å². The quantitative estimate of drug-likeness (QED) is 0.812. The van der Waals surface area contributed by atoms with Gasteiger partial charge in [-0.3, -0.25) is 4.79 Å². The summed E-state index contributed by atoms with van der Waals surface area (Å²) in [7, 11) is 0. The Kier molecular flexibility index (Phi) is 6.20. The lowest BCUT2D eigenvalue weighted by Crippen LogP contribution is -2.44. The van der Waals surface area contributed by atoms with Gasteiger partial charge in [-0.15, -0.1) is 11.3 Å². The first kappa shape index (κ1) is 16.7. The number of aryl methyl sites for hydroxylation is 2. The molecule has 112 valence electrons. The average molecular weight is 297 g/mol. The smallest absolute Gasteiger partial charge is 0.326 e. The maximum atomic E-state index is 12.2. The Labute approximate surface area is 124 Å². The van der Waals surface area contributed by atoms with Crippen molar-refractivity contribution >= 4 is 23.2 Å². The average Bonchev–Trinajstić information content (AvgIpc) is 2.78. The van der Waals surface area contributed by atoms with Crippen LogP contribution in [-0.2, 0) is 17.6 Å². The van der Waals surface area contributed by atoms with Crippen LogP contribution in [0.1, 0.15) is 54.2 Å². The molecule has 1 aromatic rings. The third-order valence-corrected chi connectivity index (χ3v) is 4.43. The third-order valence-electron chi connectivity index (χ3n) is 3.20. The van der Waals surface area contributed by atoms with Crippen molar-refractivity contribution in [1.82, 2.24) is 5.32 Å². The molecule has 20 heavy (non-hydrogen) atoms. The maximum absolute atomic E-state index is 12.2. The third kappa shape index (κ3) is 4.07. The van der Waals surface area contributed by atoms with Gasteiger partial charge in [-0.2, -0.15) is 0 Å². The number of carbonyl (C=O) groups excluding carboxylic acids is 1. The second kappa shape index (κ2) is 7.43. The highest BCUT2D eigenvalue weighted by molar-refractivity contribution is 7.14. The summed E-state index contributed by atoms with van der Waals surface area (Å²) in [6.07, 6.45) is 2.90. The fraction of sp³-hybridized carbons (Fsp3) is 0.600. The van der Waals surface area contributed by atoms with Gasteiger partial charge in [0.15, 0.2) is 0 Å². The molecule has 4 nitrogen and oxygen atoms in total. The molecule has 1 atom stereocenters. The zero-order valence-electron chi connectivity index (χ0n) is 12.5. The lowest BCUT2D eigenvalue weighted by molar-refractivity contribution is -0.140. The first-order chi connectivity index (χ1) is 9.40. The van der Waals surface area contributed by atoms with Gasteiger partial charge in [0.1, 0.15) is 6.04 Å². The van der Waals surface area contributed by atoms with Gasteiger partial charge in [-0.25, -0.2) is 4.79 Å². The number of thiophene rings is 1. The molecule has 0 aliphatic carbocycles. The summed E-state index contributed by atoms with van der Waals surface area (Å²) in [6, 6.07) is 1.05. The Balaban J connectivity index is 2.89. The number of amides is 1. The minimum Gasteiger partial charge on any atom is -0.480 e. The molecule has 0 aromatic carbocycles. The van der Waals surface area contributed by atoms with Crippen LogP contribution in [0.3, 0.4) is 0 Å². The van der Waals surface area contributed by atoms with Crippen LogP contribution in [0.15, 0.2) is 6.07 Å². The zero-order chi connectivity index (χ0) is 15.3. The molecule has 0 fully saturated rings. The van der Waals surface area contributed by atoms with Crippen molar-refractivity contribution < 1.29 is 14.7 Å². The molecule has 1 rings (SSSR count). The van der Waals surface area contributed by atoms with Gasteiger partial charge in [0.05, 0.1) is 4.88 Å². The van der Waals surface area contributed by atoms with Gasteiger partial charge in [0.25, 0.3) is 5.91 Å². The van der Waals surface area contributed by atoms with E-state index in [9.17, 15) is 9.59 Å². The van der Waals surface area contributed by atoms with E-state index in [1.165, 1.54) is 21.8 Å². The largest absolute Gasteiger partial charge is 0.480 e. The van der Waals surface area contributed by atoms with Crippen molar-refractivity contribution in [2.24, 2.45) is 5.92 Å². The van der Waals surface area contributed by atoms with Crippen LogP contribution < -0.4 is 5.32 Å². The first-order valence-electron chi connectivity index (χ1n) is 7.05. The van der Waals surface area contributed by atoms with E-state index in [1.807, 2.05) is 6.07 Å². The molecule has 1 heterocycles. The number of rotatable bonds is 7. The molecule has 0 saturated carbocycles. The van der Waals surface area contributed by atoms with Crippen LogP contribution in [0.5, 0.6) is 0 Å². The number of carboxylic acid groups (broad SMARTS) is 1. The minimum absolute atomic E-state index is 0.142. The SMILES string of the molecule is CCCc1sc(C(=O)NC(C(=O)O)C(C)C)cc1CC. The van der Waals surface area contributed by atoms with Crippen molar-refractivity contribution in [1.29, 1.82) is 0 Å². The molecule has 2 N–H and O–H groups in total. The Morgan fingerprint density at radius 3 is 2.45 bits per heavy atom. The van der Waals surface area contributed by atoms with Crippen LogP contribution in [-0.4, -0.2) is 23.0 Å². The highest BCUT2D eigenvalue weighted by Gasteiger charge is 2.25. The molecular weight excluding hydrogens is 274 g/mol. The van der Waals surface area contributed by atoms with E-state index in [-0.39, 0.29) is 11.8 Å². The summed E-state index contributed by atoms with van der Waals surface area (Å²) < 4.78 is 0. The van der Waals surface area contributed by atoms with Gasteiger partial charge in [0.2, 0.25) is 0 Å². The molecule has 5 heteroatoms. The van der Waals surface area contributed by atoms with Gasteiger partial charge >= 0.3 is 5.97 Å². The zero-order valence-corrected chi connectivity index (χ0v) is 13.3. The summed E-state index contributed by atoms with van der Waals surface area (Å²) in [6.45, 7) is 7.75. The summed E-state index contributed by atoms with van der Waals surface area (Å²) in [4.78, 5) is 25.2. The predicted molar refractivity (Wildman–Crippen MR) is 81.4 cm³/mol. The van der Waals surface area contributed by atoms with Gasteiger partial charge in [0, 0.05) is 4.88 Å². The number of nitrogens with one attached hydrogen (secondary N) is 1. The maximum Gasteiger partial charge on any atom is 0.326 e. The topological polar surface area (TPSA) is 66.4 Å². The number of aliphatic carboxylic acids is 1. The number of hydrogen-bond acceptors (Lipinski definition) is 3. The first-order valence-corrected chi connectivity index (χ1v) is 7.87. The monoisotopic (exact) mass is 297 g/mol. The van der Waals surface area contributed by atoms with Crippen molar-refractivity contribution in [2.45, 2.75) is 53.0 Å². The highest BCUT2D eigenvalue weighted by Crippen LogP contribution is 2.24. The molecule has 1 aromatic heterocycles. The van der Waals surface area contributed by atoms with E-state index >= 15 is 0 Å². The summed E-state index contributed by atoms with van der Waals surface area (Å²) in [5.74, 6) is -1.42. The molecule has 0 aliphatic rings. The summed E-state index contributed by atoms with van der Waals surface area (Å²) >= 11 is 1.48. The fourth-order valence-corrected chi connectivity index (χ4v) is 3.30. The molecule has 1 unspecified atom stereocenters. The van der Waals surface area contributed by atoms with Crippen molar-refractivity contribution in [3.63, 3.8) is 0 Å². The Morgan fingerprint density at radius 1 is 1.35 bits per heavy atom. The van der Waals surface area contributed by atoms with Crippen LogP contribution in [0.25, 0.3) is 0 Å². The molecular formula is C15H23NO3S. The second-order valence-corrected chi connectivity index (χ2v) is 6.33. The molecule has 0 spiro atoms.